The van der Waals surface area contributed by atoms with Crippen molar-refractivity contribution < 1.29 is 8.42 Å². The molecule has 9 heteroatoms. The third-order valence-corrected chi connectivity index (χ3v) is 5.58. The molecule has 0 radical (unpaired) electrons. The van der Waals surface area contributed by atoms with Crippen LogP contribution in [0.1, 0.15) is 25.3 Å². The number of aryl methyl sites for hydroxylation is 1. The molecular weight excluding hydrogens is 382 g/mol. The fourth-order valence-corrected chi connectivity index (χ4v) is 3.77. The van der Waals surface area contributed by atoms with E-state index in [9.17, 15) is 8.42 Å². The topological polar surface area (TPSA) is 89.8 Å². The van der Waals surface area contributed by atoms with Crippen LogP contribution in [-0.4, -0.2) is 34.4 Å². The lowest BCUT2D eigenvalue weighted by Gasteiger charge is -2.14. The van der Waals surface area contributed by atoms with Gasteiger partial charge >= 0.3 is 0 Å². The molecule has 0 spiro atoms. The van der Waals surface area contributed by atoms with Crippen molar-refractivity contribution in [3.05, 3.63) is 48.3 Å². The fraction of sp³-hybridized carbons (Fsp3) is 0.278. The highest BCUT2D eigenvalue weighted by Crippen LogP contribution is 2.30. The lowest BCUT2D eigenvalue weighted by molar-refractivity contribution is 0.598. The Bertz CT molecular complexity index is 1060. The zero-order valence-corrected chi connectivity index (χ0v) is 17.2. The van der Waals surface area contributed by atoms with Crippen LogP contribution in [0, 0.1) is 0 Å². The van der Waals surface area contributed by atoms with E-state index in [1.54, 1.807) is 10.9 Å². The number of nitrogens with one attached hydrogen (secondary N) is 1. The molecule has 2 heterocycles. The summed E-state index contributed by atoms with van der Waals surface area (Å²) in [4.78, 5) is 9.59. The first-order valence-electron chi connectivity index (χ1n) is 8.34. The minimum absolute atomic E-state index is 0.0136. The van der Waals surface area contributed by atoms with Crippen molar-refractivity contribution in [1.82, 2.24) is 19.7 Å². The highest BCUT2D eigenvalue weighted by molar-refractivity contribution is 8.00. The molecule has 2 aromatic heterocycles. The van der Waals surface area contributed by atoms with E-state index in [1.165, 1.54) is 18.0 Å². The number of hydrogen-bond donors (Lipinski definition) is 1. The van der Waals surface area contributed by atoms with E-state index < -0.39 is 9.84 Å². The first kappa shape index (κ1) is 19.4. The quantitative estimate of drug-likeness (QED) is 0.497. The first-order valence-corrected chi connectivity index (χ1v) is 11.0. The van der Waals surface area contributed by atoms with Gasteiger partial charge < -0.3 is 0 Å². The van der Waals surface area contributed by atoms with Gasteiger partial charge in [0.15, 0.2) is 14.9 Å². The predicted octanol–water partition coefficient (Wildman–Crippen LogP) is 3.52. The maximum Gasteiger partial charge on any atom is 0.234 e. The lowest BCUT2D eigenvalue weighted by atomic mass is 9.95. The Hall–Kier alpha value is -2.39. The Morgan fingerprint density at radius 2 is 1.93 bits per heavy atom. The molecule has 7 nitrogen and oxygen atoms in total. The van der Waals surface area contributed by atoms with Gasteiger partial charge in [0.25, 0.3) is 0 Å². The van der Waals surface area contributed by atoms with Gasteiger partial charge in [0.05, 0.1) is 16.8 Å². The molecule has 1 aromatic carbocycles. The summed E-state index contributed by atoms with van der Waals surface area (Å²) in [5.74, 6) is 0.513. The van der Waals surface area contributed by atoms with Crippen LogP contribution < -0.4 is 4.72 Å². The van der Waals surface area contributed by atoms with Crippen LogP contribution in [0.4, 0.5) is 5.95 Å². The van der Waals surface area contributed by atoms with Crippen molar-refractivity contribution >= 4 is 27.7 Å². The average molecular weight is 404 g/mol. The van der Waals surface area contributed by atoms with Gasteiger partial charge in [-0.25, -0.2) is 18.4 Å². The Morgan fingerprint density at radius 3 is 2.56 bits per heavy atom. The van der Waals surface area contributed by atoms with Gasteiger partial charge in [0.2, 0.25) is 5.95 Å². The second-order valence-corrected chi connectivity index (χ2v) is 9.33. The largest absolute Gasteiger partial charge is 0.294 e. The maximum atomic E-state index is 12.1. The highest BCUT2D eigenvalue weighted by atomic mass is 32.2. The Labute approximate surface area is 163 Å². The molecule has 0 unspecified atom stereocenters. The predicted molar refractivity (Wildman–Crippen MR) is 107 cm³/mol. The van der Waals surface area contributed by atoms with Crippen LogP contribution in [0.5, 0.6) is 0 Å². The standard InChI is InChI=1S/C18H21N5O2S2/c1-12(2)14-7-5-6-8-15(14)16-9-17(27(4,24)25)21-18(20-16)22-26-13-10-19-23(3)11-13/h5-12H,1-4H3,(H,20,21,22). The second-order valence-electron chi connectivity index (χ2n) is 6.48. The number of aromatic nitrogens is 4. The number of rotatable bonds is 6. The molecule has 142 valence electrons. The van der Waals surface area contributed by atoms with E-state index >= 15 is 0 Å². The van der Waals surface area contributed by atoms with Gasteiger partial charge in [-0.1, -0.05) is 38.1 Å². The molecule has 0 amide bonds. The van der Waals surface area contributed by atoms with Crippen molar-refractivity contribution in [2.45, 2.75) is 29.7 Å². The van der Waals surface area contributed by atoms with Gasteiger partial charge in [-0.15, -0.1) is 0 Å². The van der Waals surface area contributed by atoms with Crippen molar-refractivity contribution in [3.63, 3.8) is 0 Å². The molecular formula is C18H21N5O2S2. The van der Waals surface area contributed by atoms with E-state index in [1.807, 2.05) is 37.5 Å². The van der Waals surface area contributed by atoms with E-state index in [4.69, 9.17) is 0 Å². The molecule has 0 aliphatic rings. The number of hydrogen-bond acceptors (Lipinski definition) is 7. The molecule has 3 aromatic rings. The van der Waals surface area contributed by atoms with Crippen LogP contribution >= 0.6 is 11.9 Å². The van der Waals surface area contributed by atoms with Crippen LogP contribution in [0.2, 0.25) is 0 Å². The summed E-state index contributed by atoms with van der Waals surface area (Å²) in [7, 11) is -1.66. The van der Waals surface area contributed by atoms with E-state index in [0.29, 0.717) is 5.69 Å². The summed E-state index contributed by atoms with van der Waals surface area (Å²) >= 11 is 1.27. The maximum absolute atomic E-state index is 12.1. The molecule has 0 fully saturated rings. The van der Waals surface area contributed by atoms with Crippen molar-refractivity contribution in [2.75, 3.05) is 11.0 Å². The van der Waals surface area contributed by atoms with Crippen LogP contribution in [-0.2, 0) is 16.9 Å². The Morgan fingerprint density at radius 1 is 1.19 bits per heavy atom. The fourth-order valence-electron chi connectivity index (χ4n) is 2.59. The van der Waals surface area contributed by atoms with Crippen molar-refractivity contribution in [3.8, 4) is 11.3 Å². The minimum Gasteiger partial charge on any atom is -0.294 e. The monoisotopic (exact) mass is 403 g/mol. The molecule has 0 aliphatic heterocycles. The molecule has 0 aliphatic carbocycles. The summed E-state index contributed by atoms with van der Waals surface area (Å²) in [6.07, 6.45) is 4.69. The summed E-state index contributed by atoms with van der Waals surface area (Å²) in [6.45, 7) is 4.18. The normalized spacial score (nSPS) is 11.7. The summed E-state index contributed by atoms with van der Waals surface area (Å²) < 4.78 is 29.0. The number of sulfone groups is 1. The average Bonchev–Trinajstić information content (AvgIpc) is 3.04. The van der Waals surface area contributed by atoms with Crippen molar-refractivity contribution in [2.24, 2.45) is 7.05 Å². The molecule has 0 atom stereocenters. The van der Waals surface area contributed by atoms with E-state index in [-0.39, 0.29) is 16.9 Å². The van der Waals surface area contributed by atoms with Gasteiger partial charge in [-0.05, 0) is 23.4 Å². The van der Waals surface area contributed by atoms with Crippen LogP contribution in [0.25, 0.3) is 11.3 Å². The van der Waals surface area contributed by atoms with Gasteiger partial charge in [-0.2, -0.15) is 5.10 Å². The van der Waals surface area contributed by atoms with E-state index in [2.05, 4.69) is 33.6 Å². The molecule has 3 rings (SSSR count). The molecule has 0 saturated carbocycles. The van der Waals surface area contributed by atoms with Crippen LogP contribution in [0.3, 0.4) is 0 Å². The first-order chi connectivity index (χ1) is 12.7. The minimum atomic E-state index is -3.48. The summed E-state index contributed by atoms with van der Waals surface area (Å²) in [5, 5.41) is 4.09. The summed E-state index contributed by atoms with van der Waals surface area (Å²) in [6, 6.07) is 9.38. The summed E-state index contributed by atoms with van der Waals surface area (Å²) in [5.41, 5.74) is 2.57. The number of benzene rings is 1. The Balaban J connectivity index is 2.04. The second kappa shape index (κ2) is 7.69. The molecule has 27 heavy (non-hydrogen) atoms. The van der Waals surface area contributed by atoms with Gasteiger partial charge in [0.1, 0.15) is 0 Å². The van der Waals surface area contributed by atoms with Gasteiger partial charge in [0, 0.05) is 31.1 Å². The van der Waals surface area contributed by atoms with E-state index in [0.717, 1.165) is 22.3 Å². The lowest BCUT2D eigenvalue weighted by Crippen LogP contribution is -2.06. The molecule has 1 N–H and O–H groups in total. The molecule has 0 bridgehead atoms. The number of anilines is 1. The third-order valence-electron chi connectivity index (χ3n) is 3.88. The zero-order chi connectivity index (χ0) is 19.6. The SMILES string of the molecule is CC(C)c1ccccc1-c1cc(S(C)(=O)=O)nc(NSc2cnn(C)c2)n1. The highest BCUT2D eigenvalue weighted by Gasteiger charge is 2.17. The van der Waals surface area contributed by atoms with Crippen molar-refractivity contribution in [1.29, 1.82) is 0 Å². The number of nitrogens with zero attached hydrogens (tertiary/aromatic N) is 4. The Kier molecular flexibility index (Phi) is 5.52. The van der Waals surface area contributed by atoms with Gasteiger partial charge in [-0.3, -0.25) is 9.40 Å². The molecule has 0 saturated heterocycles. The van der Waals surface area contributed by atoms with Crippen LogP contribution in [0.15, 0.2) is 52.6 Å². The smallest absolute Gasteiger partial charge is 0.234 e. The third kappa shape index (κ3) is 4.67. The zero-order valence-electron chi connectivity index (χ0n) is 15.5.